The highest BCUT2D eigenvalue weighted by Gasteiger charge is 2.10. The van der Waals surface area contributed by atoms with Crippen molar-refractivity contribution in [2.45, 2.75) is 19.8 Å². The summed E-state index contributed by atoms with van der Waals surface area (Å²) in [6.07, 6.45) is 0. The number of nitrogens with zero attached hydrogens (tertiary/aromatic N) is 1. The molecule has 0 atom stereocenters. The zero-order valence-electron chi connectivity index (χ0n) is 9.66. The molecule has 0 aliphatic rings. The maximum absolute atomic E-state index is 8.91. The maximum Gasteiger partial charge on any atom is 0.129 e. The van der Waals surface area contributed by atoms with E-state index in [4.69, 9.17) is 10.00 Å². The Hall–Kier alpha value is -1.95. The monoisotopic (exact) mass is 214 g/mol. The van der Waals surface area contributed by atoms with Gasteiger partial charge in [-0.1, -0.05) is 13.8 Å². The molecule has 2 rings (SSSR count). The van der Waals surface area contributed by atoms with Crippen molar-refractivity contribution in [2.24, 2.45) is 0 Å². The Kier molecular flexibility index (Phi) is 2.57. The van der Waals surface area contributed by atoms with Crippen LogP contribution in [0, 0.1) is 11.3 Å². The number of ether oxygens (including phenoxy) is 1. The van der Waals surface area contributed by atoms with Crippen LogP contribution in [0.2, 0.25) is 0 Å². The van der Waals surface area contributed by atoms with Gasteiger partial charge in [0.15, 0.2) is 0 Å². The highest BCUT2D eigenvalue weighted by Crippen LogP contribution is 2.30. The molecule has 0 unspecified atom stereocenters. The fraction of sp³-hybridized carbons (Fsp3) is 0.308. The van der Waals surface area contributed by atoms with Crippen LogP contribution in [0.15, 0.2) is 18.2 Å². The van der Waals surface area contributed by atoms with Crippen molar-refractivity contribution in [1.82, 2.24) is 4.98 Å². The van der Waals surface area contributed by atoms with Crippen molar-refractivity contribution in [3.63, 3.8) is 0 Å². The number of methoxy groups -OCH3 is 1. The average molecular weight is 214 g/mol. The predicted molar refractivity (Wildman–Crippen MR) is 63.7 cm³/mol. The lowest BCUT2D eigenvalue weighted by Crippen LogP contribution is -1.85. The first-order valence-corrected chi connectivity index (χ1v) is 5.26. The maximum atomic E-state index is 8.91. The van der Waals surface area contributed by atoms with Crippen molar-refractivity contribution in [3.05, 3.63) is 29.5 Å². The third-order valence-electron chi connectivity index (χ3n) is 2.69. The summed E-state index contributed by atoms with van der Waals surface area (Å²) in [5, 5.41) is 9.95. The first kappa shape index (κ1) is 10.6. The molecule has 0 fully saturated rings. The van der Waals surface area contributed by atoms with E-state index in [1.54, 1.807) is 13.2 Å². The first-order valence-electron chi connectivity index (χ1n) is 5.26. The lowest BCUT2D eigenvalue weighted by atomic mass is 10.1. The number of nitriles is 1. The number of hydrogen-bond donors (Lipinski definition) is 1. The molecule has 0 aliphatic carbocycles. The molecule has 1 aromatic heterocycles. The van der Waals surface area contributed by atoms with Crippen LogP contribution in [-0.2, 0) is 0 Å². The lowest BCUT2D eigenvalue weighted by molar-refractivity contribution is 0.419. The summed E-state index contributed by atoms with van der Waals surface area (Å²) >= 11 is 0. The Labute approximate surface area is 94.7 Å². The molecule has 0 aliphatic heterocycles. The summed E-state index contributed by atoms with van der Waals surface area (Å²) in [6.45, 7) is 4.25. The summed E-state index contributed by atoms with van der Waals surface area (Å²) in [5.41, 5.74) is 2.73. The Morgan fingerprint density at radius 1 is 1.31 bits per heavy atom. The van der Waals surface area contributed by atoms with E-state index in [-0.39, 0.29) is 0 Å². The van der Waals surface area contributed by atoms with Gasteiger partial charge >= 0.3 is 0 Å². The third kappa shape index (κ3) is 1.63. The van der Waals surface area contributed by atoms with E-state index in [1.165, 1.54) is 0 Å². The molecule has 82 valence electrons. The highest BCUT2D eigenvalue weighted by molar-refractivity contribution is 5.88. The summed E-state index contributed by atoms with van der Waals surface area (Å²) in [7, 11) is 1.62. The fourth-order valence-electron chi connectivity index (χ4n) is 1.77. The minimum Gasteiger partial charge on any atom is -0.496 e. The number of fused-ring (bicyclic) bond motifs is 1. The summed E-state index contributed by atoms with van der Waals surface area (Å²) < 4.78 is 5.29. The number of aromatic amines is 1. The fourth-order valence-corrected chi connectivity index (χ4v) is 1.77. The van der Waals surface area contributed by atoms with Crippen molar-refractivity contribution in [3.8, 4) is 11.8 Å². The first-order chi connectivity index (χ1) is 7.65. The third-order valence-corrected chi connectivity index (χ3v) is 2.69. The molecule has 1 N–H and O–H groups in total. The summed E-state index contributed by atoms with van der Waals surface area (Å²) in [4.78, 5) is 3.31. The second kappa shape index (κ2) is 3.90. The minimum atomic E-state index is 0.433. The second-order valence-corrected chi connectivity index (χ2v) is 4.13. The summed E-state index contributed by atoms with van der Waals surface area (Å²) in [5.74, 6) is 1.18. The molecule has 16 heavy (non-hydrogen) atoms. The van der Waals surface area contributed by atoms with E-state index < -0.39 is 0 Å². The van der Waals surface area contributed by atoms with Crippen molar-refractivity contribution >= 4 is 10.9 Å². The van der Waals surface area contributed by atoms with E-state index in [1.807, 2.05) is 6.07 Å². The van der Waals surface area contributed by atoms with Gasteiger partial charge < -0.3 is 9.72 Å². The molecule has 3 nitrogen and oxygen atoms in total. The molecule has 0 saturated heterocycles. The van der Waals surface area contributed by atoms with Crippen LogP contribution in [0.5, 0.6) is 5.75 Å². The van der Waals surface area contributed by atoms with Gasteiger partial charge in [0.25, 0.3) is 0 Å². The Morgan fingerprint density at radius 2 is 2.06 bits per heavy atom. The van der Waals surface area contributed by atoms with Crippen LogP contribution < -0.4 is 4.74 Å². The van der Waals surface area contributed by atoms with E-state index in [9.17, 15) is 0 Å². The normalized spacial score (nSPS) is 10.7. The molecule has 3 heteroatoms. The van der Waals surface area contributed by atoms with Crippen LogP contribution in [0.4, 0.5) is 0 Å². The minimum absolute atomic E-state index is 0.433. The molecule has 1 heterocycles. The van der Waals surface area contributed by atoms with Crippen LogP contribution in [-0.4, -0.2) is 12.1 Å². The number of aromatic nitrogens is 1. The zero-order valence-corrected chi connectivity index (χ0v) is 9.66. The van der Waals surface area contributed by atoms with Crippen molar-refractivity contribution in [1.29, 1.82) is 5.26 Å². The standard InChI is InChI=1S/C13H14N2O/c1-8(2)11-6-10-12(15-11)4-9(7-14)5-13(10)16-3/h4-6,8,15H,1-3H3. The van der Waals surface area contributed by atoms with Crippen LogP contribution in [0.3, 0.4) is 0 Å². The molecule has 0 bridgehead atoms. The molecule has 0 saturated carbocycles. The summed E-state index contributed by atoms with van der Waals surface area (Å²) in [6, 6.07) is 7.83. The average Bonchev–Trinajstić information content (AvgIpc) is 2.71. The quantitative estimate of drug-likeness (QED) is 0.834. The molecule has 0 spiro atoms. The molecular formula is C13H14N2O. The molecule has 1 aromatic carbocycles. The largest absolute Gasteiger partial charge is 0.496 e. The molecular weight excluding hydrogens is 200 g/mol. The van der Waals surface area contributed by atoms with E-state index >= 15 is 0 Å². The van der Waals surface area contributed by atoms with Crippen LogP contribution in [0.25, 0.3) is 10.9 Å². The van der Waals surface area contributed by atoms with Gasteiger partial charge in [-0.15, -0.1) is 0 Å². The van der Waals surface area contributed by atoms with Gasteiger partial charge in [0, 0.05) is 11.1 Å². The van der Waals surface area contributed by atoms with Crippen LogP contribution in [0.1, 0.15) is 31.0 Å². The van der Waals surface area contributed by atoms with Gasteiger partial charge in [0.1, 0.15) is 5.75 Å². The Balaban J connectivity index is 2.71. The van der Waals surface area contributed by atoms with Gasteiger partial charge in [0.05, 0.1) is 24.3 Å². The van der Waals surface area contributed by atoms with Crippen molar-refractivity contribution in [2.75, 3.05) is 7.11 Å². The lowest BCUT2D eigenvalue weighted by Gasteiger charge is -2.01. The SMILES string of the molecule is COc1cc(C#N)cc2[nH]c(C(C)C)cc12. The number of benzene rings is 1. The van der Waals surface area contributed by atoms with Crippen LogP contribution >= 0.6 is 0 Å². The Morgan fingerprint density at radius 3 is 2.62 bits per heavy atom. The van der Waals surface area contributed by atoms with Gasteiger partial charge in [-0.05, 0) is 24.1 Å². The molecule has 2 aromatic rings. The van der Waals surface area contributed by atoms with Gasteiger partial charge in [0.2, 0.25) is 0 Å². The predicted octanol–water partition coefficient (Wildman–Crippen LogP) is 3.17. The number of nitrogens with one attached hydrogen (secondary N) is 1. The smallest absolute Gasteiger partial charge is 0.129 e. The van der Waals surface area contributed by atoms with Gasteiger partial charge in [-0.3, -0.25) is 0 Å². The molecule has 0 radical (unpaired) electrons. The van der Waals surface area contributed by atoms with Crippen molar-refractivity contribution < 1.29 is 4.74 Å². The van der Waals surface area contributed by atoms with E-state index in [0.717, 1.165) is 22.3 Å². The van der Waals surface area contributed by atoms with Gasteiger partial charge in [-0.25, -0.2) is 0 Å². The number of rotatable bonds is 2. The van der Waals surface area contributed by atoms with E-state index in [2.05, 4.69) is 31.0 Å². The molecule has 0 amide bonds. The zero-order chi connectivity index (χ0) is 11.7. The van der Waals surface area contributed by atoms with E-state index in [0.29, 0.717) is 11.5 Å². The highest BCUT2D eigenvalue weighted by atomic mass is 16.5. The second-order valence-electron chi connectivity index (χ2n) is 4.13. The number of hydrogen-bond acceptors (Lipinski definition) is 2. The topological polar surface area (TPSA) is 48.8 Å². The number of H-pyrrole nitrogens is 1. The van der Waals surface area contributed by atoms with Gasteiger partial charge in [-0.2, -0.15) is 5.26 Å². The Bertz CT molecular complexity index is 561.